The van der Waals surface area contributed by atoms with Gasteiger partial charge in [0.1, 0.15) is 5.75 Å². The van der Waals surface area contributed by atoms with Crippen molar-refractivity contribution in [2.75, 3.05) is 6.54 Å². The molecule has 0 amide bonds. The van der Waals surface area contributed by atoms with E-state index in [4.69, 9.17) is 23.1 Å². The molecule has 0 aliphatic carbocycles. The summed E-state index contributed by atoms with van der Waals surface area (Å²) in [5.74, 6) is 0.0821. The smallest absolute Gasteiger partial charge is 0.138 e. The van der Waals surface area contributed by atoms with Crippen LogP contribution in [-0.2, 0) is 0 Å². The molecule has 3 nitrogen and oxygen atoms in total. The third kappa shape index (κ3) is 2.61. The van der Waals surface area contributed by atoms with Gasteiger partial charge in [0.2, 0.25) is 0 Å². The first-order valence-electron chi connectivity index (χ1n) is 4.60. The van der Waals surface area contributed by atoms with E-state index in [0.717, 1.165) is 12.8 Å². The topological polar surface area (TPSA) is 72.3 Å². The molecule has 0 aliphatic rings. The van der Waals surface area contributed by atoms with Gasteiger partial charge in [-0.3, -0.25) is 0 Å². The summed E-state index contributed by atoms with van der Waals surface area (Å²) in [7, 11) is 0. The van der Waals surface area contributed by atoms with Gasteiger partial charge in [-0.1, -0.05) is 23.7 Å². The minimum Gasteiger partial charge on any atom is -0.506 e. The largest absolute Gasteiger partial charge is 0.506 e. The van der Waals surface area contributed by atoms with Crippen LogP contribution in [0.4, 0.5) is 0 Å². The van der Waals surface area contributed by atoms with Gasteiger partial charge < -0.3 is 16.6 Å². The highest BCUT2D eigenvalue weighted by Crippen LogP contribution is 2.31. The Kier molecular flexibility index (Phi) is 4.20. The van der Waals surface area contributed by atoms with E-state index in [1.807, 2.05) is 0 Å². The monoisotopic (exact) mass is 214 g/mol. The number of rotatable bonds is 4. The molecule has 1 aromatic rings. The van der Waals surface area contributed by atoms with Gasteiger partial charge in [0.15, 0.2) is 0 Å². The maximum Gasteiger partial charge on any atom is 0.138 e. The Labute approximate surface area is 88.7 Å². The van der Waals surface area contributed by atoms with E-state index in [0.29, 0.717) is 17.1 Å². The highest BCUT2D eigenvalue weighted by Gasteiger charge is 2.11. The average Bonchev–Trinajstić information content (AvgIpc) is 2.18. The maximum absolute atomic E-state index is 9.62. The lowest BCUT2D eigenvalue weighted by molar-refractivity contribution is 0.457. The van der Waals surface area contributed by atoms with Crippen molar-refractivity contribution >= 4 is 11.6 Å². The first kappa shape index (κ1) is 11.3. The number of phenols is 1. The van der Waals surface area contributed by atoms with Crippen LogP contribution >= 0.6 is 11.6 Å². The number of para-hydroxylation sites is 1. The fraction of sp³-hybridized carbons (Fsp3) is 0.400. The lowest BCUT2D eigenvalue weighted by Crippen LogP contribution is -2.12. The van der Waals surface area contributed by atoms with Crippen molar-refractivity contribution in [3.8, 4) is 5.75 Å². The molecule has 0 bridgehead atoms. The van der Waals surface area contributed by atoms with Crippen molar-refractivity contribution in [3.05, 3.63) is 28.8 Å². The summed E-state index contributed by atoms with van der Waals surface area (Å²) in [5.41, 5.74) is 11.9. The van der Waals surface area contributed by atoms with Gasteiger partial charge in [-0.2, -0.15) is 0 Å². The summed E-state index contributed by atoms with van der Waals surface area (Å²) in [5, 5.41) is 9.96. The minimum absolute atomic E-state index is 0.0821. The molecule has 0 spiro atoms. The number of hydrogen-bond donors (Lipinski definition) is 3. The van der Waals surface area contributed by atoms with E-state index in [1.54, 1.807) is 18.2 Å². The third-order valence-electron chi connectivity index (χ3n) is 2.14. The zero-order valence-corrected chi connectivity index (χ0v) is 8.67. The molecular formula is C10H15ClN2O. The van der Waals surface area contributed by atoms with E-state index in [1.165, 1.54) is 0 Å². The molecule has 0 saturated carbocycles. The Morgan fingerprint density at radius 3 is 2.79 bits per heavy atom. The Bertz CT molecular complexity index is 304. The van der Waals surface area contributed by atoms with Crippen LogP contribution in [0.1, 0.15) is 24.4 Å². The van der Waals surface area contributed by atoms with Crippen molar-refractivity contribution in [2.45, 2.75) is 18.9 Å². The molecule has 0 aliphatic heterocycles. The summed E-state index contributed by atoms with van der Waals surface area (Å²) >= 11 is 5.76. The lowest BCUT2D eigenvalue weighted by atomic mass is 10.0. The summed E-state index contributed by atoms with van der Waals surface area (Å²) < 4.78 is 0. The molecule has 0 saturated heterocycles. The Hall–Kier alpha value is -0.770. The van der Waals surface area contributed by atoms with Crippen molar-refractivity contribution in [2.24, 2.45) is 11.5 Å². The van der Waals surface area contributed by atoms with Crippen LogP contribution in [0.3, 0.4) is 0 Å². The van der Waals surface area contributed by atoms with Crippen LogP contribution in [0.2, 0.25) is 5.02 Å². The van der Waals surface area contributed by atoms with Crippen LogP contribution in [-0.4, -0.2) is 11.7 Å². The highest BCUT2D eigenvalue weighted by molar-refractivity contribution is 6.32. The molecule has 78 valence electrons. The summed E-state index contributed by atoms with van der Waals surface area (Å²) in [6, 6.07) is 5.00. The normalized spacial score (nSPS) is 12.8. The molecule has 14 heavy (non-hydrogen) atoms. The van der Waals surface area contributed by atoms with Gasteiger partial charge >= 0.3 is 0 Å². The Morgan fingerprint density at radius 1 is 1.43 bits per heavy atom. The number of phenolic OH excluding ortho intramolecular Hbond substituents is 1. The molecule has 0 heterocycles. The zero-order chi connectivity index (χ0) is 10.6. The number of aromatic hydroxyl groups is 1. The van der Waals surface area contributed by atoms with Gasteiger partial charge in [-0.25, -0.2) is 0 Å². The second-order valence-corrected chi connectivity index (χ2v) is 3.62. The summed E-state index contributed by atoms with van der Waals surface area (Å²) in [6.45, 7) is 0.606. The van der Waals surface area contributed by atoms with Crippen LogP contribution in [0.15, 0.2) is 18.2 Å². The highest BCUT2D eigenvalue weighted by atomic mass is 35.5. The molecule has 4 heteroatoms. The fourth-order valence-corrected chi connectivity index (χ4v) is 1.51. The summed E-state index contributed by atoms with van der Waals surface area (Å²) in [4.78, 5) is 0. The first-order valence-corrected chi connectivity index (χ1v) is 4.97. The molecule has 0 aromatic heterocycles. The van der Waals surface area contributed by atoms with Gasteiger partial charge in [-0.15, -0.1) is 0 Å². The second-order valence-electron chi connectivity index (χ2n) is 3.22. The quantitative estimate of drug-likeness (QED) is 0.716. The first-order chi connectivity index (χ1) is 6.66. The predicted molar refractivity (Wildman–Crippen MR) is 58.3 cm³/mol. The van der Waals surface area contributed by atoms with Gasteiger partial charge in [0, 0.05) is 11.6 Å². The average molecular weight is 215 g/mol. The van der Waals surface area contributed by atoms with E-state index in [2.05, 4.69) is 0 Å². The molecular weight excluding hydrogens is 200 g/mol. The molecule has 5 N–H and O–H groups in total. The van der Waals surface area contributed by atoms with Gasteiger partial charge in [0.25, 0.3) is 0 Å². The number of halogens is 1. The van der Waals surface area contributed by atoms with Gasteiger partial charge in [-0.05, 0) is 25.5 Å². The number of benzene rings is 1. The van der Waals surface area contributed by atoms with Crippen molar-refractivity contribution in [1.82, 2.24) is 0 Å². The molecule has 0 radical (unpaired) electrons. The van der Waals surface area contributed by atoms with E-state index in [-0.39, 0.29) is 11.8 Å². The fourth-order valence-electron chi connectivity index (χ4n) is 1.32. The molecule has 0 fully saturated rings. The van der Waals surface area contributed by atoms with E-state index in [9.17, 15) is 5.11 Å². The van der Waals surface area contributed by atoms with Crippen LogP contribution in [0.25, 0.3) is 0 Å². The van der Waals surface area contributed by atoms with E-state index < -0.39 is 0 Å². The SMILES string of the molecule is NCCC[C@@H](N)c1cccc(Cl)c1O. The minimum atomic E-state index is -0.197. The van der Waals surface area contributed by atoms with E-state index >= 15 is 0 Å². The molecule has 0 unspecified atom stereocenters. The molecule has 1 rings (SSSR count). The Morgan fingerprint density at radius 2 is 2.14 bits per heavy atom. The van der Waals surface area contributed by atoms with Crippen LogP contribution in [0, 0.1) is 0 Å². The van der Waals surface area contributed by atoms with Crippen LogP contribution in [0.5, 0.6) is 5.75 Å². The van der Waals surface area contributed by atoms with Crippen molar-refractivity contribution in [3.63, 3.8) is 0 Å². The maximum atomic E-state index is 9.62. The third-order valence-corrected chi connectivity index (χ3v) is 2.44. The molecule has 1 aromatic carbocycles. The lowest BCUT2D eigenvalue weighted by Gasteiger charge is -2.13. The summed E-state index contributed by atoms with van der Waals surface area (Å²) in [6.07, 6.45) is 1.59. The Balaban J connectivity index is 2.79. The van der Waals surface area contributed by atoms with Crippen LogP contribution < -0.4 is 11.5 Å². The van der Waals surface area contributed by atoms with Crippen molar-refractivity contribution in [1.29, 1.82) is 0 Å². The number of hydrogen-bond acceptors (Lipinski definition) is 3. The second kappa shape index (κ2) is 5.20. The van der Waals surface area contributed by atoms with Gasteiger partial charge in [0.05, 0.1) is 5.02 Å². The standard InChI is InChI=1S/C10H15ClN2O/c11-8-4-1-3-7(10(8)14)9(13)5-2-6-12/h1,3-4,9,14H,2,5-6,12-13H2/t9-/m1/s1. The number of nitrogens with two attached hydrogens (primary N) is 2. The molecule has 1 atom stereocenters. The predicted octanol–water partition coefficient (Wildman–Crippen LogP) is 1.78. The zero-order valence-electron chi connectivity index (χ0n) is 7.91. The van der Waals surface area contributed by atoms with Crippen molar-refractivity contribution < 1.29 is 5.11 Å².